The van der Waals surface area contributed by atoms with E-state index in [-0.39, 0.29) is 12.3 Å². The highest BCUT2D eigenvalue weighted by molar-refractivity contribution is 5.67. The largest absolute Gasteiger partial charge is 0.481 e. The van der Waals surface area contributed by atoms with Crippen LogP contribution in [0.3, 0.4) is 0 Å². The molecule has 0 aromatic carbocycles. The van der Waals surface area contributed by atoms with Gasteiger partial charge < -0.3 is 5.11 Å². The Hall–Kier alpha value is -1.32. The molecular formula is C10H14N2O2. The van der Waals surface area contributed by atoms with Crippen LogP contribution in [0.5, 0.6) is 0 Å². The van der Waals surface area contributed by atoms with Crippen LogP contribution in [0.15, 0.2) is 6.07 Å². The lowest BCUT2D eigenvalue weighted by molar-refractivity contribution is -0.137. The van der Waals surface area contributed by atoms with Crippen LogP contribution in [-0.4, -0.2) is 20.9 Å². The van der Waals surface area contributed by atoms with Gasteiger partial charge in [0, 0.05) is 18.2 Å². The van der Waals surface area contributed by atoms with E-state index in [1.165, 1.54) is 5.69 Å². The molecule has 1 aliphatic heterocycles. The zero-order valence-corrected chi connectivity index (χ0v) is 8.23. The molecule has 1 atom stereocenters. The Balaban J connectivity index is 2.13. The number of carboxylic acids is 1. The van der Waals surface area contributed by atoms with Gasteiger partial charge in [0.2, 0.25) is 0 Å². The summed E-state index contributed by atoms with van der Waals surface area (Å²) in [4.78, 5) is 10.5. The molecule has 1 aromatic rings. The summed E-state index contributed by atoms with van der Waals surface area (Å²) in [5.74, 6) is -0.740. The first-order chi connectivity index (χ1) is 6.66. The molecule has 0 aliphatic carbocycles. The summed E-state index contributed by atoms with van der Waals surface area (Å²) in [5.41, 5.74) is 2.17. The molecule has 76 valence electrons. The predicted molar refractivity (Wildman–Crippen MR) is 51.2 cm³/mol. The monoisotopic (exact) mass is 194 g/mol. The normalized spacial score (nSPS) is 16.6. The number of hydrogen-bond acceptors (Lipinski definition) is 2. The molecule has 0 saturated heterocycles. The molecule has 1 aliphatic rings. The number of carboxylic acid groups (broad SMARTS) is 1. The van der Waals surface area contributed by atoms with Crippen LogP contribution in [0.4, 0.5) is 0 Å². The van der Waals surface area contributed by atoms with Gasteiger partial charge in [-0.1, -0.05) is 6.92 Å². The number of nitrogens with zero attached hydrogens (tertiary/aromatic N) is 2. The Morgan fingerprint density at radius 2 is 2.57 bits per heavy atom. The minimum absolute atomic E-state index is 0.0191. The maximum atomic E-state index is 10.5. The molecule has 0 saturated carbocycles. The quantitative estimate of drug-likeness (QED) is 0.791. The van der Waals surface area contributed by atoms with Crippen LogP contribution in [-0.2, 0) is 17.8 Å². The SMILES string of the molecule is CC(CC(=O)O)c1cc2n(n1)CCC2. The van der Waals surface area contributed by atoms with Gasteiger partial charge in [-0.3, -0.25) is 9.48 Å². The number of aryl methyl sites for hydroxylation is 2. The Labute approximate surface area is 82.5 Å². The topological polar surface area (TPSA) is 55.1 Å². The summed E-state index contributed by atoms with van der Waals surface area (Å²) >= 11 is 0. The van der Waals surface area contributed by atoms with E-state index in [1.807, 2.05) is 17.7 Å². The van der Waals surface area contributed by atoms with Crippen LogP contribution in [0, 0.1) is 0 Å². The lowest BCUT2D eigenvalue weighted by Crippen LogP contribution is -2.04. The van der Waals surface area contributed by atoms with Gasteiger partial charge in [0.15, 0.2) is 0 Å². The molecule has 14 heavy (non-hydrogen) atoms. The molecule has 1 unspecified atom stereocenters. The second-order valence-corrected chi connectivity index (χ2v) is 3.89. The van der Waals surface area contributed by atoms with Crippen molar-refractivity contribution in [2.45, 2.75) is 38.6 Å². The van der Waals surface area contributed by atoms with E-state index in [0.29, 0.717) is 0 Å². The third kappa shape index (κ3) is 1.64. The average Bonchev–Trinajstić information content (AvgIpc) is 2.58. The van der Waals surface area contributed by atoms with Crippen LogP contribution in [0.2, 0.25) is 0 Å². The fourth-order valence-electron chi connectivity index (χ4n) is 1.89. The lowest BCUT2D eigenvalue weighted by atomic mass is 10.0. The zero-order chi connectivity index (χ0) is 10.1. The van der Waals surface area contributed by atoms with Crippen molar-refractivity contribution < 1.29 is 9.90 Å². The smallest absolute Gasteiger partial charge is 0.304 e. The average molecular weight is 194 g/mol. The van der Waals surface area contributed by atoms with Gasteiger partial charge >= 0.3 is 5.97 Å². The highest BCUT2D eigenvalue weighted by atomic mass is 16.4. The van der Waals surface area contributed by atoms with Crippen LogP contribution in [0.25, 0.3) is 0 Å². The van der Waals surface area contributed by atoms with Gasteiger partial charge in [0.05, 0.1) is 12.1 Å². The first-order valence-electron chi connectivity index (χ1n) is 4.95. The van der Waals surface area contributed by atoms with Crippen LogP contribution >= 0.6 is 0 Å². The number of aromatic nitrogens is 2. The lowest BCUT2D eigenvalue weighted by Gasteiger charge is -2.03. The summed E-state index contributed by atoms with van der Waals surface area (Å²) in [6.07, 6.45) is 2.40. The van der Waals surface area contributed by atoms with Gasteiger partial charge in [-0.2, -0.15) is 5.10 Å². The molecular weight excluding hydrogens is 180 g/mol. The van der Waals surface area contributed by atoms with Gasteiger partial charge in [-0.25, -0.2) is 0 Å². The second-order valence-electron chi connectivity index (χ2n) is 3.89. The number of hydrogen-bond donors (Lipinski definition) is 1. The van der Waals surface area contributed by atoms with E-state index >= 15 is 0 Å². The van der Waals surface area contributed by atoms with E-state index in [2.05, 4.69) is 5.10 Å². The maximum Gasteiger partial charge on any atom is 0.304 e. The van der Waals surface area contributed by atoms with Crippen molar-refractivity contribution in [2.24, 2.45) is 0 Å². The van der Waals surface area contributed by atoms with Crippen molar-refractivity contribution in [3.05, 3.63) is 17.5 Å². The predicted octanol–water partition coefficient (Wildman–Crippen LogP) is 1.41. The Bertz CT molecular complexity index is 336. The standard InChI is InChI=1S/C10H14N2O2/c1-7(5-10(13)14)9-6-8-3-2-4-12(8)11-9/h6-7H,2-5H2,1H3,(H,13,14). The Kier molecular flexibility index (Phi) is 2.27. The van der Waals surface area contributed by atoms with Crippen LogP contribution in [0.1, 0.15) is 37.1 Å². The van der Waals surface area contributed by atoms with Crippen LogP contribution < -0.4 is 0 Å². The fourth-order valence-corrected chi connectivity index (χ4v) is 1.89. The summed E-state index contributed by atoms with van der Waals surface area (Å²) < 4.78 is 1.99. The third-order valence-electron chi connectivity index (χ3n) is 2.67. The Morgan fingerprint density at radius 3 is 3.21 bits per heavy atom. The molecule has 2 rings (SSSR count). The highest BCUT2D eigenvalue weighted by Gasteiger charge is 2.18. The van der Waals surface area contributed by atoms with Gasteiger partial charge in [0.1, 0.15) is 0 Å². The Morgan fingerprint density at radius 1 is 1.79 bits per heavy atom. The number of rotatable bonds is 3. The van der Waals surface area contributed by atoms with E-state index < -0.39 is 5.97 Å². The minimum Gasteiger partial charge on any atom is -0.481 e. The molecule has 2 heterocycles. The summed E-state index contributed by atoms with van der Waals surface area (Å²) in [6.45, 7) is 2.89. The van der Waals surface area contributed by atoms with Crippen molar-refractivity contribution in [2.75, 3.05) is 0 Å². The summed E-state index contributed by atoms with van der Waals surface area (Å²) in [7, 11) is 0. The first-order valence-corrected chi connectivity index (χ1v) is 4.95. The molecule has 0 amide bonds. The number of aliphatic carboxylic acids is 1. The van der Waals surface area contributed by atoms with E-state index in [1.54, 1.807) is 0 Å². The molecule has 0 bridgehead atoms. The van der Waals surface area contributed by atoms with E-state index in [4.69, 9.17) is 5.11 Å². The van der Waals surface area contributed by atoms with E-state index in [9.17, 15) is 4.79 Å². The molecule has 1 N–H and O–H groups in total. The number of fused-ring (bicyclic) bond motifs is 1. The highest BCUT2D eigenvalue weighted by Crippen LogP contribution is 2.22. The minimum atomic E-state index is -0.759. The van der Waals surface area contributed by atoms with Crippen molar-refractivity contribution >= 4 is 5.97 Å². The maximum absolute atomic E-state index is 10.5. The van der Waals surface area contributed by atoms with Gasteiger partial charge in [-0.05, 0) is 18.9 Å². The first kappa shape index (κ1) is 9.24. The molecule has 0 spiro atoms. The van der Waals surface area contributed by atoms with Crippen molar-refractivity contribution in [1.29, 1.82) is 0 Å². The third-order valence-corrected chi connectivity index (χ3v) is 2.67. The van der Waals surface area contributed by atoms with Crippen molar-refractivity contribution in [1.82, 2.24) is 9.78 Å². The van der Waals surface area contributed by atoms with E-state index in [0.717, 1.165) is 25.1 Å². The summed E-state index contributed by atoms with van der Waals surface area (Å²) in [6, 6.07) is 2.04. The van der Waals surface area contributed by atoms with Crippen molar-refractivity contribution in [3.63, 3.8) is 0 Å². The second kappa shape index (κ2) is 3.44. The molecule has 4 nitrogen and oxygen atoms in total. The molecule has 4 heteroatoms. The van der Waals surface area contributed by atoms with Gasteiger partial charge in [0.25, 0.3) is 0 Å². The zero-order valence-electron chi connectivity index (χ0n) is 8.23. The number of carbonyl (C=O) groups is 1. The molecule has 0 radical (unpaired) electrons. The van der Waals surface area contributed by atoms with Crippen molar-refractivity contribution in [3.8, 4) is 0 Å². The summed E-state index contributed by atoms with van der Waals surface area (Å²) in [5, 5.41) is 13.1. The molecule has 1 aromatic heterocycles. The fraction of sp³-hybridized carbons (Fsp3) is 0.600. The van der Waals surface area contributed by atoms with Gasteiger partial charge in [-0.15, -0.1) is 0 Å². The molecule has 0 fully saturated rings.